The molecular formula is C28H30Cl2N4O5. The zero-order valence-electron chi connectivity index (χ0n) is 22.2. The first-order chi connectivity index (χ1) is 18.7. The highest BCUT2D eigenvalue weighted by atomic mass is 35.5. The van der Waals surface area contributed by atoms with E-state index in [4.69, 9.17) is 37.4 Å². The molecule has 0 spiro atoms. The zero-order valence-corrected chi connectivity index (χ0v) is 23.7. The number of hydrogen-bond acceptors (Lipinski definition) is 7. The van der Waals surface area contributed by atoms with E-state index in [-0.39, 0.29) is 18.2 Å². The van der Waals surface area contributed by atoms with Crippen molar-refractivity contribution in [2.24, 2.45) is 0 Å². The Hall–Kier alpha value is -3.66. The summed E-state index contributed by atoms with van der Waals surface area (Å²) in [5.41, 5.74) is 3.21. The molecule has 0 unspecified atom stereocenters. The number of aryl methyl sites for hydroxylation is 1. The second-order valence-electron chi connectivity index (χ2n) is 8.53. The third kappa shape index (κ3) is 7.69. The average molecular weight is 573 g/mol. The van der Waals surface area contributed by atoms with Gasteiger partial charge < -0.3 is 19.5 Å². The van der Waals surface area contributed by atoms with Crippen LogP contribution in [0.4, 0.5) is 11.5 Å². The normalized spacial score (nSPS) is 10.6. The van der Waals surface area contributed by atoms with Gasteiger partial charge in [0, 0.05) is 49.0 Å². The van der Waals surface area contributed by atoms with Crippen LogP contribution in [-0.4, -0.2) is 56.3 Å². The summed E-state index contributed by atoms with van der Waals surface area (Å²) in [5, 5.41) is 3.51. The molecule has 0 aliphatic carbocycles. The largest absolute Gasteiger partial charge is 0.495 e. The van der Waals surface area contributed by atoms with Gasteiger partial charge in [-0.3, -0.25) is 14.5 Å². The Morgan fingerprint density at radius 1 is 1.10 bits per heavy atom. The molecule has 1 aromatic heterocycles. The third-order valence-electron chi connectivity index (χ3n) is 5.87. The van der Waals surface area contributed by atoms with E-state index < -0.39 is 0 Å². The molecule has 3 aromatic rings. The molecule has 0 saturated carbocycles. The summed E-state index contributed by atoms with van der Waals surface area (Å²) in [5.74, 6) is 0.793. The highest BCUT2D eigenvalue weighted by molar-refractivity contribution is 6.37. The van der Waals surface area contributed by atoms with Crippen LogP contribution >= 0.6 is 23.2 Å². The lowest BCUT2D eigenvalue weighted by Crippen LogP contribution is -2.29. The average Bonchev–Trinajstić information content (AvgIpc) is 2.94. The Kier molecular flexibility index (Phi) is 10.7. The van der Waals surface area contributed by atoms with Gasteiger partial charge in [-0.25, -0.2) is 9.97 Å². The predicted octanol–water partition coefficient (Wildman–Crippen LogP) is 5.05. The fourth-order valence-electron chi connectivity index (χ4n) is 3.71. The number of carbonyl (C=O) groups excluding carboxylic acids is 2. The van der Waals surface area contributed by atoms with Gasteiger partial charge in [0.1, 0.15) is 30.3 Å². The maximum absolute atomic E-state index is 13.2. The lowest BCUT2D eigenvalue weighted by Gasteiger charge is -2.19. The molecule has 0 aliphatic heterocycles. The number of halogens is 2. The van der Waals surface area contributed by atoms with Crippen LogP contribution in [0, 0.1) is 6.92 Å². The Bertz CT molecular complexity index is 1370. The van der Waals surface area contributed by atoms with Gasteiger partial charge >= 0.3 is 0 Å². The van der Waals surface area contributed by atoms with Crippen molar-refractivity contribution in [3.63, 3.8) is 0 Å². The number of rotatable bonds is 12. The Labute approximate surface area is 237 Å². The number of benzene rings is 2. The van der Waals surface area contributed by atoms with Crippen molar-refractivity contribution in [3.05, 3.63) is 81.7 Å². The molecule has 1 N–H and O–H groups in total. The molecule has 0 fully saturated rings. The van der Waals surface area contributed by atoms with Crippen molar-refractivity contribution in [1.82, 2.24) is 9.97 Å². The van der Waals surface area contributed by atoms with Crippen LogP contribution in [0.5, 0.6) is 11.5 Å². The van der Waals surface area contributed by atoms with Gasteiger partial charge in [0.2, 0.25) is 11.8 Å². The van der Waals surface area contributed by atoms with E-state index in [2.05, 4.69) is 21.9 Å². The second kappa shape index (κ2) is 13.9. The van der Waals surface area contributed by atoms with Crippen LogP contribution in [0.15, 0.2) is 49.3 Å². The lowest BCUT2D eigenvalue weighted by atomic mass is 10.1. The molecule has 0 atom stereocenters. The van der Waals surface area contributed by atoms with Crippen LogP contribution in [0.1, 0.15) is 22.4 Å². The number of nitrogens with one attached hydrogen (secondary N) is 1. The van der Waals surface area contributed by atoms with Crippen LogP contribution in [0.2, 0.25) is 10.0 Å². The number of hydrogen-bond donors (Lipinski definition) is 1. The summed E-state index contributed by atoms with van der Waals surface area (Å²) in [4.78, 5) is 35.3. The number of ether oxygens (including phenoxy) is 3. The smallest absolute Gasteiger partial charge is 0.247 e. The summed E-state index contributed by atoms with van der Waals surface area (Å²) in [6, 6.07) is 8.80. The maximum Gasteiger partial charge on any atom is 0.247 e. The Morgan fingerprint density at radius 2 is 1.87 bits per heavy atom. The summed E-state index contributed by atoms with van der Waals surface area (Å²) >= 11 is 12.9. The molecule has 0 aliphatic rings. The molecule has 206 valence electrons. The molecule has 39 heavy (non-hydrogen) atoms. The van der Waals surface area contributed by atoms with E-state index in [1.165, 1.54) is 24.4 Å². The Morgan fingerprint density at radius 3 is 2.56 bits per heavy atom. The van der Waals surface area contributed by atoms with Crippen molar-refractivity contribution in [1.29, 1.82) is 0 Å². The topological polar surface area (TPSA) is 103 Å². The van der Waals surface area contributed by atoms with E-state index in [0.717, 1.165) is 11.1 Å². The standard InChI is InChI=1S/C28H30Cl2N4O5/c1-6-25(35)33-22-14-20(39-10-9-37-4)8-7-18(22)12-19-13-24(32-16-31-19)34(3)26(36)15-21-27(29)17(2)11-23(38-5)28(21)30/h6-8,11,13-14,16H,1,9-10,12,15H2,2-5H3,(H,33,35). The lowest BCUT2D eigenvalue weighted by molar-refractivity contribution is -0.117. The summed E-state index contributed by atoms with van der Waals surface area (Å²) in [7, 11) is 4.71. The molecule has 11 heteroatoms. The highest BCUT2D eigenvalue weighted by Gasteiger charge is 2.21. The first kappa shape index (κ1) is 29.9. The van der Waals surface area contributed by atoms with E-state index >= 15 is 0 Å². The number of anilines is 2. The number of nitrogens with zero attached hydrogens (tertiary/aromatic N) is 3. The number of methoxy groups -OCH3 is 2. The second-order valence-corrected chi connectivity index (χ2v) is 9.29. The first-order valence-electron chi connectivity index (χ1n) is 12.0. The van der Waals surface area contributed by atoms with E-state index in [1.807, 2.05) is 13.0 Å². The molecular weight excluding hydrogens is 543 g/mol. The fraction of sp³-hybridized carbons (Fsp3) is 0.286. The molecule has 9 nitrogen and oxygen atoms in total. The van der Waals surface area contributed by atoms with Gasteiger partial charge in [0.15, 0.2) is 0 Å². The van der Waals surface area contributed by atoms with E-state index in [9.17, 15) is 9.59 Å². The van der Waals surface area contributed by atoms with Crippen molar-refractivity contribution in [2.75, 3.05) is 44.7 Å². The number of aromatic nitrogens is 2. The highest BCUT2D eigenvalue weighted by Crippen LogP contribution is 2.36. The van der Waals surface area contributed by atoms with Gasteiger partial charge in [-0.1, -0.05) is 35.8 Å². The predicted molar refractivity (Wildman–Crippen MR) is 152 cm³/mol. The van der Waals surface area contributed by atoms with Gasteiger partial charge in [0.25, 0.3) is 0 Å². The SMILES string of the molecule is C=CC(=O)Nc1cc(OCCOC)ccc1Cc1cc(N(C)C(=O)Cc2c(Cl)c(C)cc(OC)c2Cl)ncn1. The number of likely N-dealkylation sites (N-methyl/N-ethyl adjacent to an activating group) is 1. The van der Waals surface area contributed by atoms with Crippen molar-refractivity contribution in [3.8, 4) is 11.5 Å². The van der Waals surface area contributed by atoms with Crippen LogP contribution < -0.4 is 19.7 Å². The molecule has 2 aromatic carbocycles. The quantitative estimate of drug-likeness (QED) is 0.239. The van der Waals surface area contributed by atoms with Crippen LogP contribution in [-0.2, 0) is 27.2 Å². The fourth-order valence-corrected chi connectivity index (χ4v) is 4.27. The first-order valence-corrected chi connectivity index (χ1v) is 12.7. The summed E-state index contributed by atoms with van der Waals surface area (Å²) in [6.45, 7) is 6.13. The van der Waals surface area contributed by atoms with Crippen LogP contribution in [0.25, 0.3) is 0 Å². The van der Waals surface area contributed by atoms with Gasteiger partial charge in [-0.05, 0) is 36.3 Å². The Balaban J connectivity index is 1.83. The van der Waals surface area contributed by atoms with Gasteiger partial charge in [0.05, 0.1) is 30.9 Å². The van der Waals surface area contributed by atoms with Crippen molar-refractivity contribution >= 4 is 46.5 Å². The van der Waals surface area contributed by atoms with Crippen LogP contribution in [0.3, 0.4) is 0 Å². The van der Waals surface area contributed by atoms with E-state index in [0.29, 0.717) is 63.9 Å². The van der Waals surface area contributed by atoms with Crippen molar-refractivity contribution < 1.29 is 23.8 Å². The molecule has 0 radical (unpaired) electrons. The minimum absolute atomic E-state index is 0.0478. The van der Waals surface area contributed by atoms with Crippen molar-refractivity contribution in [2.45, 2.75) is 19.8 Å². The minimum Gasteiger partial charge on any atom is -0.495 e. The third-order valence-corrected chi connectivity index (χ3v) is 6.81. The maximum atomic E-state index is 13.2. The number of amides is 2. The number of carbonyl (C=O) groups is 2. The summed E-state index contributed by atoms with van der Waals surface area (Å²) in [6.07, 6.45) is 2.88. The van der Waals surface area contributed by atoms with Gasteiger partial charge in [-0.2, -0.15) is 0 Å². The minimum atomic E-state index is -0.357. The van der Waals surface area contributed by atoms with E-state index in [1.54, 1.807) is 38.4 Å². The molecule has 1 heterocycles. The van der Waals surface area contributed by atoms with Gasteiger partial charge in [-0.15, -0.1) is 0 Å². The zero-order chi connectivity index (χ0) is 28.5. The monoisotopic (exact) mass is 572 g/mol. The molecule has 0 saturated heterocycles. The molecule has 0 bridgehead atoms. The molecule has 2 amide bonds. The summed E-state index contributed by atoms with van der Waals surface area (Å²) < 4.78 is 16.0. The molecule has 3 rings (SSSR count).